The summed E-state index contributed by atoms with van der Waals surface area (Å²) in [6.45, 7) is 5.96. The van der Waals surface area contributed by atoms with E-state index in [1.165, 1.54) is 11.1 Å². The maximum Gasteiger partial charge on any atom is 0.223 e. The molecule has 3 heteroatoms. The van der Waals surface area contributed by atoms with E-state index in [0.717, 1.165) is 25.7 Å². The molecular weight excluding hydrogens is 248 g/mol. The first kappa shape index (κ1) is 15.0. The molecule has 2 rings (SSSR count). The van der Waals surface area contributed by atoms with Crippen LogP contribution in [0.3, 0.4) is 0 Å². The molecule has 3 nitrogen and oxygen atoms in total. The first-order valence-electron chi connectivity index (χ1n) is 7.55. The topological polar surface area (TPSA) is 55.1 Å². The largest absolute Gasteiger partial charge is 0.354 e. The molecule has 1 atom stereocenters. The lowest BCUT2D eigenvalue weighted by molar-refractivity contribution is -0.124. The number of nitrogens with two attached hydrogens (primary N) is 1. The van der Waals surface area contributed by atoms with Crippen molar-refractivity contribution in [1.82, 2.24) is 5.32 Å². The van der Waals surface area contributed by atoms with E-state index in [4.69, 9.17) is 5.73 Å². The fraction of sp³-hybridized carbons (Fsp3) is 0.588. The van der Waals surface area contributed by atoms with Crippen LogP contribution in [-0.2, 0) is 17.6 Å². The summed E-state index contributed by atoms with van der Waals surface area (Å²) in [5.74, 6) is 0.128. The maximum atomic E-state index is 12.0. The Labute approximate surface area is 121 Å². The molecule has 110 valence electrons. The number of hydrogen-bond acceptors (Lipinski definition) is 2. The standard InChI is InChI=1S/C17H26N2O/c1-12(2)19-16(20)13(3)9-14-5-4-6-15(10-14)11-17(18)7-8-17/h4-6,10,12-13H,7-9,11,18H2,1-3H3,(H,19,20). The van der Waals surface area contributed by atoms with Gasteiger partial charge in [0.15, 0.2) is 0 Å². The maximum absolute atomic E-state index is 12.0. The molecule has 0 aromatic heterocycles. The predicted octanol–water partition coefficient (Wildman–Crippen LogP) is 2.42. The molecule has 20 heavy (non-hydrogen) atoms. The number of nitrogens with one attached hydrogen (secondary N) is 1. The monoisotopic (exact) mass is 274 g/mol. The minimum absolute atomic E-state index is 0.000381. The molecule has 1 aliphatic carbocycles. The Hall–Kier alpha value is -1.35. The zero-order valence-electron chi connectivity index (χ0n) is 12.8. The fourth-order valence-electron chi connectivity index (χ4n) is 2.48. The van der Waals surface area contributed by atoms with Gasteiger partial charge in [0, 0.05) is 17.5 Å². The third-order valence-corrected chi connectivity index (χ3v) is 3.86. The van der Waals surface area contributed by atoms with E-state index in [-0.39, 0.29) is 23.4 Å². The van der Waals surface area contributed by atoms with Gasteiger partial charge in [-0.3, -0.25) is 4.79 Å². The summed E-state index contributed by atoms with van der Waals surface area (Å²) in [4.78, 5) is 12.0. The number of carbonyl (C=O) groups excluding carboxylic acids is 1. The molecule has 0 aliphatic heterocycles. The smallest absolute Gasteiger partial charge is 0.223 e. The highest BCUT2D eigenvalue weighted by molar-refractivity contribution is 5.78. The molecule has 0 heterocycles. The Morgan fingerprint density at radius 1 is 1.30 bits per heavy atom. The molecular formula is C17H26N2O. The van der Waals surface area contributed by atoms with Gasteiger partial charge in [0.05, 0.1) is 0 Å². The minimum Gasteiger partial charge on any atom is -0.354 e. The Morgan fingerprint density at radius 3 is 2.55 bits per heavy atom. The third-order valence-electron chi connectivity index (χ3n) is 3.86. The highest BCUT2D eigenvalue weighted by atomic mass is 16.1. The molecule has 1 amide bonds. The van der Waals surface area contributed by atoms with Crippen LogP contribution in [0.4, 0.5) is 0 Å². The van der Waals surface area contributed by atoms with Crippen LogP contribution in [0.25, 0.3) is 0 Å². The Morgan fingerprint density at radius 2 is 1.95 bits per heavy atom. The second-order valence-corrected chi connectivity index (χ2v) is 6.63. The van der Waals surface area contributed by atoms with E-state index in [1.807, 2.05) is 20.8 Å². The van der Waals surface area contributed by atoms with Crippen LogP contribution in [0.2, 0.25) is 0 Å². The summed E-state index contributed by atoms with van der Waals surface area (Å²) in [7, 11) is 0. The minimum atomic E-state index is 0.000381. The zero-order valence-corrected chi connectivity index (χ0v) is 12.8. The van der Waals surface area contributed by atoms with Crippen LogP contribution >= 0.6 is 0 Å². The van der Waals surface area contributed by atoms with E-state index in [2.05, 4.69) is 29.6 Å². The lowest BCUT2D eigenvalue weighted by Gasteiger charge is -2.15. The zero-order chi connectivity index (χ0) is 14.8. The van der Waals surface area contributed by atoms with E-state index in [0.29, 0.717) is 0 Å². The van der Waals surface area contributed by atoms with E-state index in [9.17, 15) is 4.79 Å². The van der Waals surface area contributed by atoms with Crippen molar-refractivity contribution in [3.63, 3.8) is 0 Å². The van der Waals surface area contributed by atoms with E-state index in [1.54, 1.807) is 0 Å². The highest BCUT2D eigenvalue weighted by Crippen LogP contribution is 2.35. The van der Waals surface area contributed by atoms with Crippen molar-refractivity contribution in [2.24, 2.45) is 11.7 Å². The molecule has 0 bridgehead atoms. The van der Waals surface area contributed by atoms with Crippen LogP contribution in [-0.4, -0.2) is 17.5 Å². The van der Waals surface area contributed by atoms with Gasteiger partial charge in [0.25, 0.3) is 0 Å². The van der Waals surface area contributed by atoms with Gasteiger partial charge in [-0.1, -0.05) is 31.2 Å². The van der Waals surface area contributed by atoms with Crippen molar-refractivity contribution in [2.45, 2.75) is 58.0 Å². The summed E-state index contributed by atoms with van der Waals surface area (Å²) < 4.78 is 0. The quantitative estimate of drug-likeness (QED) is 0.837. The lowest BCUT2D eigenvalue weighted by Crippen LogP contribution is -2.35. The summed E-state index contributed by atoms with van der Waals surface area (Å²) in [5, 5.41) is 2.97. The SMILES string of the molecule is CC(C)NC(=O)C(C)Cc1cccc(CC2(N)CC2)c1. The molecule has 1 aromatic carbocycles. The van der Waals surface area contributed by atoms with Gasteiger partial charge in [-0.05, 0) is 50.7 Å². The van der Waals surface area contributed by atoms with Gasteiger partial charge in [-0.25, -0.2) is 0 Å². The summed E-state index contributed by atoms with van der Waals surface area (Å²) in [6.07, 6.45) is 3.99. The molecule has 1 aromatic rings. The molecule has 3 N–H and O–H groups in total. The van der Waals surface area contributed by atoms with Gasteiger partial charge in [-0.15, -0.1) is 0 Å². The summed E-state index contributed by atoms with van der Waals surface area (Å²) >= 11 is 0. The van der Waals surface area contributed by atoms with Gasteiger partial charge in [0.2, 0.25) is 5.91 Å². The highest BCUT2D eigenvalue weighted by Gasteiger charge is 2.37. The number of amides is 1. The van der Waals surface area contributed by atoms with Crippen LogP contribution in [0, 0.1) is 5.92 Å². The van der Waals surface area contributed by atoms with Crippen molar-refractivity contribution in [1.29, 1.82) is 0 Å². The number of benzene rings is 1. The third kappa shape index (κ3) is 4.34. The lowest BCUT2D eigenvalue weighted by atomic mass is 9.96. The Bertz CT molecular complexity index is 478. The molecule has 0 spiro atoms. The first-order valence-corrected chi connectivity index (χ1v) is 7.55. The van der Waals surface area contributed by atoms with E-state index >= 15 is 0 Å². The average molecular weight is 274 g/mol. The van der Waals surface area contributed by atoms with Gasteiger partial charge in [0.1, 0.15) is 0 Å². The first-order chi connectivity index (χ1) is 9.38. The van der Waals surface area contributed by atoms with Crippen LogP contribution in [0.5, 0.6) is 0 Å². The molecule has 1 aliphatic rings. The number of hydrogen-bond donors (Lipinski definition) is 2. The Balaban J connectivity index is 1.95. The van der Waals surface area contributed by atoms with Crippen molar-refractivity contribution in [3.8, 4) is 0 Å². The predicted molar refractivity (Wildman–Crippen MR) is 82.4 cm³/mol. The summed E-state index contributed by atoms with van der Waals surface area (Å²) in [5.41, 5.74) is 8.72. The molecule has 1 unspecified atom stereocenters. The number of carbonyl (C=O) groups is 1. The van der Waals surface area contributed by atoms with Crippen LogP contribution < -0.4 is 11.1 Å². The van der Waals surface area contributed by atoms with Crippen molar-refractivity contribution in [3.05, 3.63) is 35.4 Å². The van der Waals surface area contributed by atoms with Crippen molar-refractivity contribution >= 4 is 5.91 Å². The van der Waals surface area contributed by atoms with Crippen LogP contribution in [0.15, 0.2) is 24.3 Å². The van der Waals surface area contributed by atoms with Crippen molar-refractivity contribution in [2.75, 3.05) is 0 Å². The molecule has 1 saturated carbocycles. The van der Waals surface area contributed by atoms with Crippen LogP contribution in [0.1, 0.15) is 44.7 Å². The Kier molecular flexibility index (Phi) is 4.48. The second-order valence-electron chi connectivity index (χ2n) is 6.63. The normalized spacial score (nSPS) is 17.9. The van der Waals surface area contributed by atoms with Crippen molar-refractivity contribution < 1.29 is 4.79 Å². The second kappa shape index (κ2) is 5.96. The molecule has 0 radical (unpaired) electrons. The average Bonchev–Trinajstić information content (AvgIpc) is 3.06. The van der Waals surface area contributed by atoms with Gasteiger partial charge >= 0.3 is 0 Å². The summed E-state index contributed by atoms with van der Waals surface area (Å²) in [6, 6.07) is 8.70. The molecule has 1 fully saturated rings. The number of rotatable bonds is 6. The van der Waals surface area contributed by atoms with Gasteiger partial charge in [-0.2, -0.15) is 0 Å². The molecule has 0 saturated heterocycles. The van der Waals surface area contributed by atoms with Gasteiger partial charge < -0.3 is 11.1 Å². The van der Waals surface area contributed by atoms with E-state index < -0.39 is 0 Å². The fourth-order valence-corrected chi connectivity index (χ4v) is 2.48.